The van der Waals surface area contributed by atoms with Gasteiger partial charge in [0, 0.05) is 24.0 Å². The Balaban J connectivity index is 1.92. The first-order valence-corrected chi connectivity index (χ1v) is 12.3. The monoisotopic (exact) mass is 449 g/mol. The van der Waals surface area contributed by atoms with Gasteiger partial charge in [-0.1, -0.05) is 30.3 Å². The van der Waals surface area contributed by atoms with Crippen LogP contribution in [0.5, 0.6) is 0 Å². The number of anilines is 2. The predicted octanol–water partition coefficient (Wildman–Crippen LogP) is 2.32. The quantitative estimate of drug-likeness (QED) is 0.380. The van der Waals surface area contributed by atoms with Gasteiger partial charge >= 0.3 is 0 Å². The first-order chi connectivity index (χ1) is 14.1. The van der Waals surface area contributed by atoms with Crippen LogP contribution < -0.4 is 14.8 Å². The normalized spacial score (nSPS) is 11.9. The van der Waals surface area contributed by atoms with Gasteiger partial charge in [-0.15, -0.1) is 6.58 Å². The van der Waals surface area contributed by atoms with Crippen LogP contribution in [0.25, 0.3) is 6.08 Å². The smallest absolute Gasteiger partial charge is 0.248 e. The van der Waals surface area contributed by atoms with Crippen molar-refractivity contribution in [1.29, 1.82) is 0 Å². The third-order valence-corrected chi connectivity index (χ3v) is 5.59. The van der Waals surface area contributed by atoms with Crippen LogP contribution in [0.15, 0.2) is 67.3 Å². The van der Waals surface area contributed by atoms with Gasteiger partial charge in [-0.2, -0.15) is 0 Å². The zero-order chi connectivity index (χ0) is 22.2. The van der Waals surface area contributed by atoms with Gasteiger partial charge in [0.1, 0.15) is 0 Å². The highest BCUT2D eigenvalue weighted by atomic mass is 32.2. The minimum Gasteiger partial charge on any atom is -0.323 e. The molecule has 2 rings (SSSR count). The lowest BCUT2D eigenvalue weighted by Crippen LogP contribution is -2.25. The van der Waals surface area contributed by atoms with Crippen LogP contribution in [0.4, 0.5) is 11.4 Å². The second kappa shape index (κ2) is 10.2. The molecule has 0 aliphatic rings. The van der Waals surface area contributed by atoms with Crippen LogP contribution >= 0.6 is 0 Å². The molecule has 3 N–H and O–H groups in total. The summed E-state index contributed by atoms with van der Waals surface area (Å²) in [6.07, 6.45) is 5.46. The van der Waals surface area contributed by atoms with E-state index in [1.54, 1.807) is 54.6 Å². The molecule has 0 saturated carbocycles. The van der Waals surface area contributed by atoms with E-state index < -0.39 is 20.0 Å². The molecule has 0 radical (unpaired) electrons. The van der Waals surface area contributed by atoms with Gasteiger partial charge < -0.3 is 5.32 Å². The summed E-state index contributed by atoms with van der Waals surface area (Å²) in [6.45, 7) is 3.63. The molecule has 10 heteroatoms. The average molecular weight is 450 g/mol. The molecule has 30 heavy (non-hydrogen) atoms. The van der Waals surface area contributed by atoms with Crippen molar-refractivity contribution < 1.29 is 21.6 Å². The molecule has 2 aromatic rings. The van der Waals surface area contributed by atoms with Gasteiger partial charge in [-0.05, 0) is 41.5 Å². The van der Waals surface area contributed by atoms with Crippen molar-refractivity contribution >= 4 is 43.4 Å². The number of sulfonamides is 2. The molecule has 0 bridgehead atoms. The molecule has 0 fully saturated rings. The van der Waals surface area contributed by atoms with E-state index >= 15 is 0 Å². The van der Waals surface area contributed by atoms with Gasteiger partial charge in [0.15, 0.2) is 0 Å². The molecule has 0 atom stereocenters. The molecule has 0 aliphatic carbocycles. The minimum atomic E-state index is -3.44. The second-order valence-corrected chi connectivity index (χ2v) is 9.97. The largest absolute Gasteiger partial charge is 0.323 e. The Labute approximate surface area is 176 Å². The van der Waals surface area contributed by atoms with Crippen LogP contribution in [0.1, 0.15) is 11.1 Å². The molecule has 0 aromatic heterocycles. The van der Waals surface area contributed by atoms with E-state index in [1.165, 1.54) is 12.2 Å². The van der Waals surface area contributed by atoms with Crippen molar-refractivity contribution in [2.75, 3.05) is 22.8 Å². The molecule has 160 valence electrons. The molecular formula is C20H23N3O5S2. The predicted molar refractivity (Wildman–Crippen MR) is 120 cm³/mol. The molecule has 0 aliphatic heterocycles. The minimum absolute atomic E-state index is 0.166. The molecule has 0 unspecified atom stereocenters. The van der Waals surface area contributed by atoms with E-state index in [9.17, 15) is 21.6 Å². The zero-order valence-corrected chi connectivity index (χ0v) is 18.0. The average Bonchev–Trinajstić information content (AvgIpc) is 2.66. The summed E-state index contributed by atoms with van der Waals surface area (Å²) in [5, 5.41) is 2.68. The summed E-state index contributed by atoms with van der Waals surface area (Å²) in [5.74, 6) is -0.527. The summed E-state index contributed by atoms with van der Waals surface area (Å²) < 4.78 is 50.8. The highest BCUT2D eigenvalue weighted by molar-refractivity contribution is 7.92. The number of nitrogens with one attached hydrogen (secondary N) is 3. The van der Waals surface area contributed by atoms with Crippen LogP contribution in [0.3, 0.4) is 0 Å². The Morgan fingerprint density at radius 3 is 2.13 bits per heavy atom. The van der Waals surface area contributed by atoms with Gasteiger partial charge in [0.25, 0.3) is 0 Å². The summed E-state index contributed by atoms with van der Waals surface area (Å²) in [6, 6.07) is 13.0. The van der Waals surface area contributed by atoms with Crippen molar-refractivity contribution in [3.8, 4) is 0 Å². The standard InChI is InChI=1S/C20H23N3O5S2/c1-3-14-21-30(27,28)15-17-6-9-18(10-7-17)22-20(24)13-8-16-4-11-19(12-5-16)23-29(2,25)26/h3-13,21,23H,1,14-15H2,2H3,(H,22,24)/b13-8+. The van der Waals surface area contributed by atoms with E-state index in [1.807, 2.05) is 0 Å². The molecular weight excluding hydrogens is 426 g/mol. The number of hydrogen-bond acceptors (Lipinski definition) is 5. The zero-order valence-electron chi connectivity index (χ0n) is 16.3. The summed E-state index contributed by atoms with van der Waals surface area (Å²) in [4.78, 5) is 12.1. The second-order valence-electron chi connectivity index (χ2n) is 6.41. The third-order valence-electron chi connectivity index (χ3n) is 3.67. The summed E-state index contributed by atoms with van der Waals surface area (Å²) in [5.41, 5.74) is 2.26. The highest BCUT2D eigenvalue weighted by Gasteiger charge is 2.10. The summed E-state index contributed by atoms with van der Waals surface area (Å²) in [7, 11) is -6.78. The SMILES string of the molecule is C=CCNS(=O)(=O)Cc1ccc(NC(=O)/C=C/c2ccc(NS(C)(=O)=O)cc2)cc1. The van der Waals surface area contributed by atoms with Crippen LogP contribution in [-0.4, -0.2) is 35.5 Å². The Kier molecular flexibility index (Phi) is 7.93. The van der Waals surface area contributed by atoms with E-state index in [0.717, 1.165) is 11.8 Å². The lowest BCUT2D eigenvalue weighted by atomic mass is 10.2. The van der Waals surface area contributed by atoms with Gasteiger partial charge in [0.2, 0.25) is 26.0 Å². The van der Waals surface area contributed by atoms with Crippen molar-refractivity contribution in [3.63, 3.8) is 0 Å². The maximum Gasteiger partial charge on any atom is 0.248 e. The van der Waals surface area contributed by atoms with Crippen LogP contribution in [0, 0.1) is 0 Å². The fourth-order valence-electron chi connectivity index (χ4n) is 2.37. The van der Waals surface area contributed by atoms with Crippen molar-refractivity contribution in [2.45, 2.75) is 5.75 Å². The van der Waals surface area contributed by atoms with Crippen LogP contribution in [-0.2, 0) is 30.6 Å². The molecule has 2 aromatic carbocycles. The number of rotatable bonds is 10. The lowest BCUT2D eigenvalue weighted by molar-refractivity contribution is -0.111. The van der Waals surface area contributed by atoms with Gasteiger partial charge in [-0.25, -0.2) is 21.6 Å². The highest BCUT2D eigenvalue weighted by Crippen LogP contribution is 2.14. The number of carbonyl (C=O) groups is 1. The number of hydrogen-bond donors (Lipinski definition) is 3. The Bertz CT molecular complexity index is 1120. The Hall–Kier alpha value is -2.95. The fraction of sp³-hybridized carbons (Fsp3) is 0.150. The molecule has 0 spiro atoms. The first kappa shape index (κ1) is 23.3. The molecule has 1 amide bonds. The topological polar surface area (TPSA) is 121 Å². The van der Waals surface area contributed by atoms with Crippen LogP contribution in [0.2, 0.25) is 0 Å². The van der Waals surface area contributed by atoms with Crippen molar-refractivity contribution in [3.05, 3.63) is 78.4 Å². The maximum absolute atomic E-state index is 12.1. The third kappa shape index (κ3) is 8.60. The Morgan fingerprint density at radius 2 is 1.57 bits per heavy atom. The van der Waals surface area contributed by atoms with Gasteiger partial charge in [0.05, 0.1) is 12.0 Å². The molecule has 8 nitrogen and oxygen atoms in total. The van der Waals surface area contributed by atoms with E-state index in [2.05, 4.69) is 21.3 Å². The van der Waals surface area contributed by atoms with E-state index in [4.69, 9.17) is 0 Å². The molecule has 0 saturated heterocycles. The number of carbonyl (C=O) groups excluding carboxylic acids is 1. The molecule has 0 heterocycles. The number of benzene rings is 2. The lowest BCUT2D eigenvalue weighted by Gasteiger charge is -2.07. The van der Waals surface area contributed by atoms with E-state index in [-0.39, 0.29) is 18.2 Å². The summed E-state index contributed by atoms with van der Waals surface area (Å²) >= 11 is 0. The Morgan fingerprint density at radius 1 is 0.967 bits per heavy atom. The first-order valence-electron chi connectivity index (χ1n) is 8.80. The maximum atomic E-state index is 12.1. The van der Waals surface area contributed by atoms with Gasteiger partial charge in [-0.3, -0.25) is 9.52 Å². The number of amides is 1. The van der Waals surface area contributed by atoms with Crippen molar-refractivity contribution in [2.24, 2.45) is 0 Å². The van der Waals surface area contributed by atoms with E-state index in [0.29, 0.717) is 16.9 Å². The fourth-order valence-corrected chi connectivity index (χ4v) is 4.04. The van der Waals surface area contributed by atoms with Crippen molar-refractivity contribution in [1.82, 2.24) is 4.72 Å².